The first kappa shape index (κ1) is 18.8. The lowest BCUT2D eigenvalue weighted by Gasteiger charge is -2.32. The van der Waals surface area contributed by atoms with Crippen molar-refractivity contribution in [1.82, 2.24) is 19.4 Å². The Bertz CT molecular complexity index is 903. The van der Waals surface area contributed by atoms with Crippen LogP contribution in [-0.4, -0.2) is 32.5 Å². The molecule has 4 rings (SSSR count). The van der Waals surface area contributed by atoms with Gasteiger partial charge in [-0.2, -0.15) is 0 Å². The van der Waals surface area contributed by atoms with Crippen LogP contribution in [0.15, 0.2) is 54.9 Å². The van der Waals surface area contributed by atoms with Gasteiger partial charge < -0.3 is 4.57 Å². The van der Waals surface area contributed by atoms with Gasteiger partial charge in [-0.05, 0) is 56.1 Å². The summed E-state index contributed by atoms with van der Waals surface area (Å²) in [6, 6.07) is 13.0. The maximum absolute atomic E-state index is 13.1. The Hall–Kier alpha value is -2.53. The van der Waals surface area contributed by atoms with Gasteiger partial charge in [-0.25, -0.2) is 9.37 Å². The average Bonchev–Trinajstić information content (AvgIpc) is 3.17. The van der Waals surface area contributed by atoms with Crippen molar-refractivity contribution in [2.24, 2.45) is 0 Å². The zero-order valence-corrected chi connectivity index (χ0v) is 16.4. The summed E-state index contributed by atoms with van der Waals surface area (Å²) in [5.41, 5.74) is 3.30. The van der Waals surface area contributed by atoms with E-state index in [1.165, 1.54) is 30.7 Å². The van der Waals surface area contributed by atoms with E-state index < -0.39 is 0 Å². The molecule has 0 N–H and O–H groups in total. The molecular formula is C23H27FN4. The molecule has 5 heteroatoms. The van der Waals surface area contributed by atoms with Gasteiger partial charge >= 0.3 is 0 Å². The lowest BCUT2D eigenvalue weighted by atomic mass is 9.94. The van der Waals surface area contributed by atoms with E-state index in [0.717, 1.165) is 49.7 Å². The minimum Gasteiger partial charge on any atom is -0.334 e. The highest BCUT2D eigenvalue weighted by Crippen LogP contribution is 2.27. The number of likely N-dealkylation sites (tertiary alicyclic amines) is 1. The Balaban J connectivity index is 1.44. The predicted octanol–water partition coefficient (Wildman–Crippen LogP) is 4.41. The number of pyridine rings is 1. The monoisotopic (exact) mass is 378 g/mol. The first-order valence-corrected chi connectivity index (χ1v) is 10.1. The van der Waals surface area contributed by atoms with Crippen LogP contribution in [0.2, 0.25) is 0 Å². The zero-order chi connectivity index (χ0) is 19.3. The fraction of sp³-hybridized carbons (Fsp3) is 0.391. The molecule has 0 bridgehead atoms. The SMILES string of the molecule is CCn1ccnc1CN1CCCC(c2cccc(Cc3ccc(F)cc3)n2)C1. The lowest BCUT2D eigenvalue weighted by Crippen LogP contribution is -2.35. The molecule has 0 spiro atoms. The second kappa shape index (κ2) is 8.65. The first-order chi connectivity index (χ1) is 13.7. The fourth-order valence-corrected chi connectivity index (χ4v) is 4.06. The maximum Gasteiger partial charge on any atom is 0.123 e. The summed E-state index contributed by atoms with van der Waals surface area (Å²) < 4.78 is 15.3. The van der Waals surface area contributed by atoms with Gasteiger partial charge in [0.15, 0.2) is 0 Å². The number of hydrogen-bond acceptors (Lipinski definition) is 3. The minimum absolute atomic E-state index is 0.198. The molecule has 0 amide bonds. The van der Waals surface area contributed by atoms with Gasteiger partial charge in [0.25, 0.3) is 0 Å². The molecule has 1 aliphatic rings. The van der Waals surface area contributed by atoms with Crippen molar-refractivity contribution in [1.29, 1.82) is 0 Å². The van der Waals surface area contributed by atoms with Crippen molar-refractivity contribution in [2.75, 3.05) is 13.1 Å². The van der Waals surface area contributed by atoms with E-state index in [0.29, 0.717) is 5.92 Å². The highest BCUT2D eigenvalue weighted by atomic mass is 19.1. The summed E-state index contributed by atoms with van der Waals surface area (Å²) in [5, 5.41) is 0. The van der Waals surface area contributed by atoms with Crippen LogP contribution in [-0.2, 0) is 19.5 Å². The molecule has 0 aliphatic carbocycles. The van der Waals surface area contributed by atoms with Crippen LogP contribution in [0.3, 0.4) is 0 Å². The van der Waals surface area contributed by atoms with Crippen LogP contribution in [0.1, 0.15) is 48.5 Å². The summed E-state index contributed by atoms with van der Waals surface area (Å²) in [5.74, 6) is 1.39. The molecule has 3 aromatic rings. The smallest absolute Gasteiger partial charge is 0.123 e. The summed E-state index contributed by atoms with van der Waals surface area (Å²) in [4.78, 5) is 12.0. The van der Waals surface area contributed by atoms with Crippen molar-refractivity contribution in [3.05, 3.63) is 83.5 Å². The van der Waals surface area contributed by atoms with E-state index in [1.807, 2.05) is 18.3 Å². The number of piperidine rings is 1. The van der Waals surface area contributed by atoms with Gasteiger partial charge in [-0.15, -0.1) is 0 Å². The fourth-order valence-electron chi connectivity index (χ4n) is 4.06. The van der Waals surface area contributed by atoms with E-state index in [4.69, 9.17) is 4.98 Å². The molecule has 0 radical (unpaired) electrons. The minimum atomic E-state index is -0.198. The first-order valence-electron chi connectivity index (χ1n) is 10.1. The molecule has 1 fully saturated rings. The van der Waals surface area contributed by atoms with Crippen LogP contribution < -0.4 is 0 Å². The van der Waals surface area contributed by atoms with Crippen LogP contribution in [0.5, 0.6) is 0 Å². The van der Waals surface area contributed by atoms with Crippen LogP contribution in [0, 0.1) is 5.82 Å². The molecule has 4 nitrogen and oxygen atoms in total. The summed E-state index contributed by atoms with van der Waals surface area (Å²) in [6.07, 6.45) is 7.03. The predicted molar refractivity (Wildman–Crippen MR) is 109 cm³/mol. The second-order valence-electron chi connectivity index (χ2n) is 7.56. The number of imidazole rings is 1. The zero-order valence-electron chi connectivity index (χ0n) is 16.4. The van der Waals surface area contributed by atoms with Crippen molar-refractivity contribution >= 4 is 0 Å². The number of halogens is 1. The Morgan fingerprint density at radius 2 is 2.00 bits per heavy atom. The average molecular weight is 378 g/mol. The van der Waals surface area contributed by atoms with Crippen LogP contribution >= 0.6 is 0 Å². The van der Waals surface area contributed by atoms with Crippen molar-refractivity contribution < 1.29 is 4.39 Å². The number of aryl methyl sites for hydroxylation is 1. The van der Waals surface area contributed by atoms with Crippen molar-refractivity contribution in [2.45, 2.75) is 45.2 Å². The van der Waals surface area contributed by atoms with Crippen LogP contribution in [0.25, 0.3) is 0 Å². The van der Waals surface area contributed by atoms with Gasteiger partial charge in [0.2, 0.25) is 0 Å². The Kier molecular flexibility index (Phi) is 5.81. The van der Waals surface area contributed by atoms with Gasteiger partial charge in [0.05, 0.1) is 6.54 Å². The van der Waals surface area contributed by atoms with Gasteiger partial charge in [-0.1, -0.05) is 18.2 Å². The quantitative estimate of drug-likeness (QED) is 0.637. The third-order valence-corrected chi connectivity index (χ3v) is 5.56. The molecule has 1 atom stereocenters. The van der Waals surface area contributed by atoms with E-state index in [1.54, 1.807) is 0 Å². The van der Waals surface area contributed by atoms with E-state index in [-0.39, 0.29) is 5.82 Å². The summed E-state index contributed by atoms with van der Waals surface area (Å²) in [7, 11) is 0. The van der Waals surface area contributed by atoms with E-state index in [9.17, 15) is 4.39 Å². The molecule has 1 aliphatic heterocycles. The molecule has 146 valence electrons. The van der Waals surface area contributed by atoms with Gasteiger partial charge in [0, 0.05) is 49.2 Å². The molecule has 3 heterocycles. The standard InChI is InChI=1S/C23H27FN4/c1-2-28-14-12-25-23(28)17-27-13-4-5-19(16-27)22-7-3-6-21(26-22)15-18-8-10-20(24)11-9-18/h3,6-12,14,19H,2,4-5,13,15-17H2,1H3. The number of rotatable bonds is 6. The third kappa shape index (κ3) is 4.47. The normalized spacial score (nSPS) is 17.7. The Morgan fingerprint density at radius 3 is 2.82 bits per heavy atom. The molecular weight excluding hydrogens is 351 g/mol. The third-order valence-electron chi connectivity index (χ3n) is 5.56. The van der Waals surface area contributed by atoms with Crippen LogP contribution in [0.4, 0.5) is 4.39 Å². The molecule has 28 heavy (non-hydrogen) atoms. The second-order valence-corrected chi connectivity index (χ2v) is 7.56. The van der Waals surface area contributed by atoms with Gasteiger partial charge in [0.1, 0.15) is 11.6 Å². The number of hydrogen-bond donors (Lipinski definition) is 0. The number of benzene rings is 1. The molecule has 1 aromatic carbocycles. The summed E-state index contributed by atoms with van der Waals surface area (Å²) >= 11 is 0. The van der Waals surface area contributed by atoms with Crippen molar-refractivity contribution in [3.8, 4) is 0 Å². The van der Waals surface area contributed by atoms with Crippen molar-refractivity contribution in [3.63, 3.8) is 0 Å². The van der Waals surface area contributed by atoms with Gasteiger partial charge in [-0.3, -0.25) is 9.88 Å². The van der Waals surface area contributed by atoms with E-state index in [2.05, 4.69) is 45.8 Å². The highest BCUT2D eigenvalue weighted by Gasteiger charge is 2.23. The highest BCUT2D eigenvalue weighted by molar-refractivity contribution is 5.24. The number of aromatic nitrogens is 3. The molecule has 1 saturated heterocycles. The lowest BCUT2D eigenvalue weighted by molar-refractivity contribution is 0.192. The molecule has 0 saturated carbocycles. The van der Waals surface area contributed by atoms with E-state index >= 15 is 0 Å². The Morgan fingerprint density at radius 1 is 1.14 bits per heavy atom. The molecule has 1 unspecified atom stereocenters. The largest absolute Gasteiger partial charge is 0.334 e. The number of nitrogens with zero attached hydrogens (tertiary/aromatic N) is 4. The summed E-state index contributed by atoms with van der Waals surface area (Å²) in [6.45, 7) is 6.14. The maximum atomic E-state index is 13.1. The topological polar surface area (TPSA) is 34.0 Å². The Labute approximate surface area is 166 Å². The molecule has 2 aromatic heterocycles.